The van der Waals surface area contributed by atoms with Crippen LogP contribution >= 0.6 is 0 Å². The molecule has 0 aliphatic heterocycles. The van der Waals surface area contributed by atoms with Crippen LogP contribution in [0.4, 0.5) is 5.69 Å². The highest BCUT2D eigenvalue weighted by Gasteiger charge is 2.18. The Balaban J connectivity index is 2.91. The van der Waals surface area contributed by atoms with Crippen molar-refractivity contribution in [3.05, 3.63) is 18.2 Å². The monoisotopic (exact) mass is 251 g/mol. The average molecular weight is 251 g/mol. The minimum atomic E-state index is -1.66. The number of nitrogens with one attached hydrogen (secondary N) is 1. The average Bonchev–Trinajstić information content (AvgIpc) is 2.28. The lowest BCUT2D eigenvalue weighted by Crippen LogP contribution is -2.33. The van der Waals surface area contributed by atoms with Gasteiger partial charge in [0, 0.05) is 17.6 Å². The van der Waals surface area contributed by atoms with E-state index < -0.39 is 7.12 Å². The predicted octanol–water partition coefficient (Wildman–Crippen LogP) is 0.360. The third-order valence-corrected chi connectivity index (χ3v) is 2.40. The van der Waals surface area contributed by atoms with E-state index in [9.17, 15) is 14.8 Å². The molecule has 1 amide bonds. The number of methoxy groups -OCH3 is 1. The maximum Gasteiger partial charge on any atom is 0.490 e. The Morgan fingerprint density at radius 3 is 2.61 bits per heavy atom. The highest BCUT2D eigenvalue weighted by atomic mass is 16.5. The first kappa shape index (κ1) is 14.5. The van der Waals surface area contributed by atoms with Gasteiger partial charge in [0.05, 0.1) is 7.11 Å². The fraction of sp³-hybridized carbons (Fsp3) is 0.417. The Morgan fingerprint density at radius 1 is 1.44 bits per heavy atom. The smallest absolute Gasteiger partial charge is 0.490 e. The third-order valence-electron chi connectivity index (χ3n) is 2.40. The molecule has 6 heteroatoms. The number of benzene rings is 1. The highest BCUT2D eigenvalue weighted by Crippen LogP contribution is 2.14. The highest BCUT2D eigenvalue weighted by molar-refractivity contribution is 6.60. The van der Waals surface area contributed by atoms with Crippen molar-refractivity contribution in [2.75, 3.05) is 12.4 Å². The molecule has 1 aromatic carbocycles. The summed E-state index contributed by atoms with van der Waals surface area (Å²) in [6.07, 6.45) is 0.382. The molecular formula is C12H18BNO4. The number of amides is 1. The van der Waals surface area contributed by atoms with Crippen LogP contribution in [0.2, 0.25) is 0 Å². The Morgan fingerprint density at radius 2 is 2.11 bits per heavy atom. The maximum absolute atomic E-state index is 11.6. The van der Waals surface area contributed by atoms with E-state index in [2.05, 4.69) is 5.32 Å². The van der Waals surface area contributed by atoms with E-state index in [1.165, 1.54) is 13.2 Å². The summed E-state index contributed by atoms with van der Waals surface area (Å²) in [5.74, 6) is 0.586. The van der Waals surface area contributed by atoms with Crippen LogP contribution in [0.1, 0.15) is 20.3 Å². The Kier molecular flexibility index (Phi) is 5.18. The topological polar surface area (TPSA) is 78.8 Å². The van der Waals surface area contributed by atoms with Crippen molar-refractivity contribution in [3.8, 4) is 5.75 Å². The van der Waals surface area contributed by atoms with Crippen molar-refractivity contribution in [1.29, 1.82) is 0 Å². The number of carbonyl (C=O) groups is 1. The van der Waals surface area contributed by atoms with Gasteiger partial charge in [0.1, 0.15) is 5.75 Å². The first-order valence-electron chi connectivity index (χ1n) is 5.78. The fourth-order valence-electron chi connectivity index (χ4n) is 1.57. The summed E-state index contributed by atoms with van der Waals surface area (Å²) in [5.41, 5.74) is 0.600. The lowest BCUT2D eigenvalue weighted by molar-refractivity contribution is -0.116. The number of hydrogen-bond acceptors (Lipinski definition) is 4. The van der Waals surface area contributed by atoms with Crippen LogP contribution in [-0.4, -0.2) is 30.2 Å². The molecule has 1 aromatic rings. The second-order valence-corrected chi connectivity index (χ2v) is 4.47. The van der Waals surface area contributed by atoms with Crippen LogP contribution in [0.25, 0.3) is 0 Å². The third kappa shape index (κ3) is 4.05. The van der Waals surface area contributed by atoms with Gasteiger partial charge in [-0.25, -0.2) is 0 Å². The van der Waals surface area contributed by atoms with Gasteiger partial charge in [0.15, 0.2) is 0 Å². The van der Waals surface area contributed by atoms with Gasteiger partial charge in [0.25, 0.3) is 0 Å². The van der Waals surface area contributed by atoms with Crippen molar-refractivity contribution in [2.45, 2.75) is 20.3 Å². The first-order chi connectivity index (χ1) is 8.43. The Bertz CT molecular complexity index is 421. The normalized spacial score (nSPS) is 10.3. The molecule has 0 bridgehead atoms. The molecule has 0 saturated heterocycles. The van der Waals surface area contributed by atoms with Gasteiger partial charge in [-0.1, -0.05) is 13.8 Å². The summed E-state index contributed by atoms with van der Waals surface area (Å²) >= 11 is 0. The van der Waals surface area contributed by atoms with E-state index in [1.807, 2.05) is 13.8 Å². The van der Waals surface area contributed by atoms with Gasteiger partial charge < -0.3 is 20.1 Å². The summed E-state index contributed by atoms with van der Waals surface area (Å²) in [6.45, 7) is 3.88. The lowest BCUT2D eigenvalue weighted by atomic mass is 9.78. The zero-order valence-electron chi connectivity index (χ0n) is 10.8. The van der Waals surface area contributed by atoms with Crippen molar-refractivity contribution >= 4 is 24.2 Å². The SMILES string of the molecule is COc1ccc(NC(=O)CC(C)C)c(B(O)O)c1. The molecule has 0 spiro atoms. The van der Waals surface area contributed by atoms with E-state index in [0.29, 0.717) is 17.9 Å². The Hall–Kier alpha value is -1.53. The zero-order valence-corrected chi connectivity index (χ0v) is 10.8. The van der Waals surface area contributed by atoms with E-state index in [0.717, 1.165) is 0 Å². The number of anilines is 1. The number of carbonyl (C=O) groups excluding carboxylic acids is 1. The molecular weight excluding hydrogens is 233 g/mol. The summed E-state index contributed by atoms with van der Waals surface area (Å²) in [7, 11) is -0.172. The van der Waals surface area contributed by atoms with E-state index in [-0.39, 0.29) is 17.3 Å². The van der Waals surface area contributed by atoms with Crippen molar-refractivity contribution in [2.24, 2.45) is 5.92 Å². The molecule has 18 heavy (non-hydrogen) atoms. The molecule has 0 fully saturated rings. The second kappa shape index (κ2) is 6.42. The Labute approximate surface area is 107 Å². The van der Waals surface area contributed by atoms with Gasteiger partial charge in [-0.2, -0.15) is 0 Å². The number of rotatable bonds is 5. The molecule has 0 atom stereocenters. The first-order valence-corrected chi connectivity index (χ1v) is 5.78. The van der Waals surface area contributed by atoms with E-state index in [1.54, 1.807) is 12.1 Å². The van der Waals surface area contributed by atoms with E-state index >= 15 is 0 Å². The molecule has 1 rings (SSSR count). The van der Waals surface area contributed by atoms with Gasteiger partial charge in [-0.3, -0.25) is 4.79 Å². The van der Waals surface area contributed by atoms with Crippen LogP contribution in [0.15, 0.2) is 18.2 Å². The lowest BCUT2D eigenvalue weighted by Gasteiger charge is -2.13. The van der Waals surface area contributed by atoms with Crippen LogP contribution < -0.4 is 15.5 Å². The largest absolute Gasteiger partial charge is 0.497 e. The molecule has 0 aliphatic carbocycles. The van der Waals surface area contributed by atoms with Gasteiger partial charge in [-0.15, -0.1) is 0 Å². The van der Waals surface area contributed by atoms with Crippen molar-refractivity contribution in [3.63, 3.8) is 0 Å². The van der Waals surface area contributed by atoms with Crippen LogP contribution in [0.3, 0.4) is 0 Å². The molecule has 0 aliphatic rings. The minimum absolute atomic E-state index is 0.155. The zero-order chi connectivity index (χ0) is 13.7. The molecule has 3 N–H and O–H groups in total. The van der Waals surface area contributed by atoms with Gasteiger partial charge >= 0.3 is 7.12 Å². The number of ether oxygens (including phenoxy) is 1. The number of hydrogen-bond donors (Lipinski definition) is 3. The molecule has 0 unspecified atom stereocenters. The molecule has 98 valence electrons. The van der Waals surface area contributed by atoms with Crippen LogP contribution in [0.5, 0.6) is 5.75 Å². The van der Waals surface area contributed by atoms with Crippen molar-refractivity contribution < 1.29 is 19.6 Å². The molecule has 0 radical (unpaired) electrons. The summed E-state index contributed by atoms with van der Waals surface area (Å²) in [4.78, 5) is 11.6. The second-order valence-electron chi connectivity index (χ2n) is 4.47. The minimum Gasteiger partial charge on any atom is -0.497 e. The predicted molar refractivity (Wildman–Crippen MR) is 70.9 cm³/mol. The summed E-state index contributed by atoms with van der Waals surface area (Å²) in [6, 6.07) is 4.72. The fourth-order valence-corrected chi connectivity index (χ4v) is 1.57. The standard InChI is InChI=1S/C12H18BNO4/c1-8(2)6-12(15)14-11-5-4-9(18-3)7-10(11)13(16)17/h4-5,7-8,16-17H,6H2,1-3H3,(H,14,15). The summed E-state index contributed by atoms with van der Waals surface area (Å²) < 4.78 is 4.99. The molecule has 0 heterocycles. The molecule has 0 aromatic heterocycles. The van der Waals surface area contributed by atoms with Crippen LogP contribution in [0, 0.1) is 5.92 Å². The van der Waals surface area contributed by atoms with Crippen LogP contribution in [-0.2, 0) is 4.79 Å². The summed E-state index contributed by atoms with van der Waals surface area (Å²) in [5, 5.41) is 21.2. The maximum atomic E-state index is 11.6. The molecule has 0 saturated carbocycles. The van der Waals surface area contributed by atoms with Crippen molar-refractivity contribution in [1.82, 2.24) is 0 Å². The molecule has 5 nitrogen and oxygen atoms in total. The quantitative estimate of drug-likeness (QED) is 0.660. The van der Waals surface area contributed by atoms with Gasteiger partial charge in [-0.05, 0) is 24.1 Å². The van der Waals surface area contributed by atoms with Gasteiger partial charge in [0.2, 0.25) is 5.91 Å². The van der Waals surface area contributed by atoms with E-state index in [4.69, 9.17) is 4.74 Å².